The molecule has 0 spiro atoms. The van der Waals surface area contributed by atoms with Crippen LogP contribution in [0.2, 0.25) is 0 Å². The normalized spacial score (nSPS) is 7.86. The Bertz CT molecular complexity index is 244. The predicted octanol–water partition coefficient (Wildman–Crippen LogP) is 2.10. The van der Waals surface area contributed by atoms with E-state index in [-0.39, 0.29) is 39.1 Å². The maximum atomic E-state index is 9.31. The monoisotopic (exact) mass is 287 g/mol. The SMILES string of the molecule is CSc1ccccn1.[CH2-]CC(=O)O.[Y]. The Kier molecular flexibility index (Phi) is 13.1. The van der Waals surface area contributed by atoms with Crippen LogP contribution in [0.4, 0.5) is 0 Å². The summed E-state index contributed by atoms with van der Waals surface area (Å²) in [6, 6.07) is 5.89. The molecule has 1 heterocycles. The number of pyridine rings is 1. The molecule has 0 aliphatic heterocycles. The summed E-state index contributed by atoms with van der Waals surface area (Å²) < 4.78 is 0. The minimum absolute atomic E-state index is 0. The van der Waals surface area contributed by atoms with E-state index < -0.39 is 5.97 Å². The molecule has 0 aliphatic carbocycles. The van der Waals surface area contributed by atoms with Crippen molar-refractivity contribution in [2.75, 3.05) is 6.26 Å². The summed E-state index contributed by atoms with van der Waals surface area (Å²) in [7, 11) is 0. The molecule has 1 aromatic rings. The summed E-state index contributed by atoms with van der Waals surface area (Å²) in [4.78, 5) is 13.4. The zero-order chi connectivity index (χ0) is 10.1. The van der Waals surface area contributed by atoms with Crippen molar-refractivity contribution in [2.24, 2.45) is 0 Å². The fraction of sp³-hybridized carbons (Fsp3) is 0.222. The largest absolute Gasteiger partial charge is 0.483 e. The van der Waals surface area contributed by atoms with E-state index in [1.807, 2.05) is 24.5 Å². The summed E-state index contributed by atoms with van der Waals surface area (Å²) in [5.74, 6) is -0.856. The number of carboxylic acid groups (broad SMARTS) is 1. The molecule has 14 heavy (non-hydrogen) atoms. The van der Waals surface area contributed by atoms with Gasteiger partial charge in [0, 0.05) is 38.9 Å². The molecule has 1 radical (unpaired) electrons. The Labute approximate surface area is 114 Å². The molecule has 0 bridgehead atoms. The Balaban J connectivity index is 0. The maximum absolute atomic E-state index is 9.31. The summed E-state index contributed by atoms with van der Waals surface area (Å²) in [6.07, 6.45) is 3.79. The van der Waals surface area contributed by atoms with E-state index in [0.29, 0.717) is 0 Å². The van der Waals surface area contributed by atoms with Gasteiger partial charge in [0.1, 0.15) is 0 Å². The van der Waals surface area contributed by atoms with E-state index in [2.05, 4.69) is 11.9 Å². The van der Waals surface area contributed by atoms with Gasteiger partial charge in [-0.2, -0.15) is 0 Å². The zero-order valence-electron chi connectivity index (χ0n) is 8.01. The second-order valence-corrected chi connectivity index (χ2v) is 2.84. The third-order valence-corrected chi connectivity index (χ3v) is 1.72. The number of hydrogen-bond acceptors (Lipinski definition) is 3. The minimum atomic E-state index is -0.856. The van der Waals surface area contributed by atoms with E-state index >= 15 is 0 Å². The zero-order valence-corrected chi connectivity index (χ0v) is 11.7. The van der Waals surface area contributed by atoms with Crippen molar-refractivity contribution in [1.29, 1.82) is 0 Å². The molecule has 1 aromatic heterocycles. The number of aromatic nitrogens is 1. The van der Waals surface area contributed by atoms with Gasteiger partial charge in [-0.15, -0.1) is 11.8 Å². The standard InChI is InChI=1S/C6H7NS.C3H5O2.Y/c1-8-6-4-2-3-5-7-6;1-2-3(4)5;/h2-5H,1H3;1-2H2,(H,4,5);/q;-1;. The molecular weight excluding hydrogens is 275 g/mol. The van der Waals surface area contributed by atoms with Gasteiger partial charge < -0.3 is 12.0 Å². The van der Waals surface area contributed by atoms with Crippen molar-refractivity contribution in [2.45, 2.75) is 11.4 Å². The van der Waals surface area contributed by atoms with E-state index in [1.54, 1.807) is 18.0 Å². The molecule has 1 N–H and O–H groups in total. The average Bonchev–Trinajstić information content (AvgIpc) is 2.20. The van der Waals surface area contributed by atoms with Crippen molar-refractivity contribution in [1.82, 2.24) is 4.98 Å². The molecule has 3 nitrogen and oxygen atoms in total. The second-order valence-electron chi connectivity index (χ2n) is 2.02. The molecule has 75 valence electrons. The van der Waals surface area contributed by atoms with Crippen LogP contribution in [-0.2, 0) is 37.5 Å². The maximum Gasteiger partial charge on any atom is 0.272 e. The number of thioether (sulfide) groups is 1. The van der Waals surface area contributed by atoms with Gasteiger partial charge in [-0.25, -0.2) is 4.98 Å². The van der Waals surface area contributed by atoms with Crippen molar-refractivity contribution in [3.8, 4) is 0 Å². The minimum Gasteiger partial charge on any atom is -0.483 e. The molecule has 1 rings (SSSR count). The second kappa shape index (κ2) is 11.2. The summed E-state index contributed by atoms with van der Waals surface area (Å²) >= 11 is 1.66. The molecule has 0 amide bonds. The van der Waals surface area contributed by atoms with Gasteiger partial charge in [0.15, 0.2) is 0 Å². The third kappa shape index (κ3) is 10.2. The van der Waals surface area contributed by atoms with Crippen LogP contribution in [0.15, 0.2) is 29.4 Å². The van der Waals surface area contributed by atoms with Crippen LogP contribution in [0.1, 0.15) is 6.42 Å². The first kappa shape index (κ1) is 16.5. The fourth-order valence-electron chi connectivity index (χ4n) is 0.468. The molecular formula is C9H12NO2SY-. The number of rotatable bonds is 2. The molecule has 0 aliphatic rings. The quantitative estimate of drug-likeness (QED) is 0.668. The molecule has 0 saturated heterocycles. The topological polar surface area (TPSA) is 50.2 Å². The molecule has 0 saturated carbocycles. The Morgan fingerprint density at radius 1 is 1.64 bits per heavy atom. The van der Waals surface area contributed by atoms with Crippen molar-refractivity contribution in [3.05, 3.63) is 31.3 Å². The van der Waals surface area contributed by atoms with Crippen LogP contribution in [0.5, 0.6) is 0 Å². The van der Waals surface area contributed by atoms with Gasteiger partial charge in [0.05, 0.1) is 5.03 Å². The van der Waals surface area contributed by atoms with E-state index in [1.165, 1.54) is 0 Å². The van der Waals surface area contributed by atoms with Crippen molar-refractivity contribution < 1.29 is 42.6 Å². The van der Waals surface area contributed by atoms with Gasteiger partial charge in [-0.05, 0) is 18.4 Å². The van der Waals surface area contributed by atoms with Crippen LogP contribution < -0.4 is 0 Å². The summed E-state index contributed by atoms with van der Waals surface area (Å²) in [5.41, 5.74) is 0. The smallest absolute Gasteiger partial charge is 0.272 e. The van der Waals surface area contributed by atoms with Gasteiger partial charge in [0.2, 0.25) is 0 Å². The number of nitrogens with zero attached hydrogens (tertiary/aromatic N) is 1. The summed E-state index contributed by atoms with van der Waals surface area (Å²) in [5, 5.41) is 8.74. The van der Waals surface area contributed by atoms with Crippen LogP contribution in [0, 0.1) is 6.92 Å². The first-order valence-corrected chi connectivity index (χ1v) is 4.89. The van der Waals surface area contributed by atoms with Crippen LogP contribution in [0.25, 0.3) is 0 Å². The Morgan fingerprint density at radius 3 is 2.43 bits per heavy atom. The summed E-state index contributed by atoms with van der Waals surface area (Å²) in [6.45, 7) is 3.09. The number of carbonyl (C=O) groups is 1. The Morgan fingerprint density at radius 2 is 2.21 bits per heavy atom. The van der Waals surface area contributed by atoms with Crippen molar-refractivity contribution >= 4 is 17.7 Å². The van der Waals surface area contributed by atoms with Crippen molar-refractivity contribution in [3.63, 3.8) is 0 Å². The van der Waals surface area contributed by atoms with Crippen LogP contribution in [-0.4, -0.2) is 22.3 Å². The molecule has 0 unspecified atom stereocenters. The van der Waals surface area contributed by atoms with Crippen LogP contribution >= 0.6 is 11.8 Å². The first-order chi connectivity index (χ1) is 6.20. The molecule has 5 heteroatoms. The molecule has 0 fully saturated rings. The van der Waals surface area contributed by atoms with E-state index in [9.17, 15) is 4.79 Å². The van der Waals surface area contributed by atoms with Gasteiger partial charge >= 0.3 is 0 Å². The number of carboxylic acids is 1. The Hall–Kier alpha value is 0.0739. The van der Waals surface area contributed by atoms with Gasteiger partial charge in [-0.3, -0.25) is 4.79 Å². The third-order valence-electron chi connectivity index (χ3n) is 1.06. The van der Waals surface area contributed by atoms with Gasteiger partial charge in [0.25, 0.3) is 5.97 Å². The number of hydrogen-bond donors (Lipinski definition) is 1. The fourth-order valence-corrected chi connectivity index (χ4v) is 0.849. The average molecular weight is 287 g/mol. The number of aliphatic carboxylic acids is 1. The first-order valence-electron chi connectivity index (χ1n) is 3.66. The van der Waals surface area contributed by atoms with E-state index in [4.69, 9.17) is 5.11 Å². The van der Waals surface area contributed by atoms with Crippen LogP contribution in [0.3, 0.4) is 0 Å². The van der Waals surface area contributed by atoms with E-state index in [0.717, 1.165) is 5.03 Å². The van der Waals surface area contributed by atoms with Gasteiger partial charge in [-0.1, -0.05) is 12.5 Å². The predicted molar refractivity (Wildman–Crippen MR) is 53.6 cm³/mol. The molecule has 0 atom stereocenters. The molecule has 0 aromatic carbocycles.